The number of para-hydroxylation sites is 4. The second-order valence-corrected chi connectivity index (χ2v) is 29.1. The monoisotopic (exact) mass is 2400 g/mol. The summed E-state index contributed by atoms with van der Waals surface area (Å²) in [6.07, 6.45) is 6.40. The van der Waals surface area contributed by atoms with E-state index in [2.05, 4.69) is 52.1 Å². The molecule has 0 atom stereocenters. The number of aromatic nitrogens is 4. The van der Waals surface area contributed by atoms with Gasteiger partial charge in [-0.05, 0) is 121 Å². The summed E-state index contributed by atoms with van der Waals surface area (Å²) in [4.78, 5) is 64.0. The molecule has 12 aromatic rings. The largest absolute Gasteiger partial charge is 2.00 e. The van der Waals surface area contributed by atoms with Crippen LogP contribution in [0.15, 0.2) is 286 Å². The fraction of sp³-hybridized carbons (Fsp3) is 0.429. The molecule has 0 bridgehead atoms. The Morgan fingerprint density at radius 1 is 0.272 bits per heavy atom. The van der Waals surface area contributed by atoms with E-state index in [0.717, 1.165) is 11.5 Å². The van der Waals surface area contributed by atoms with Crippen molar-refractivity contribution in [3.05, 3.63) is 334 Å². The van der Waals surface area contributed by atoms with Gasteiger partial charge in [-0.1, -0.05) is 468 Å². The zero-order valence-corrected chi connectivity index (χ0v) is 110. The van der Waals surface area contributed by atoms with Crippen LogP contribution in [0.1, 0.15) is 419 Å². The SMILES string of the molecule is CC.CC.CC.CC.CC.CC.CC.CC.CC.CC.CC.CC.CC.CC.CC.CC.CC.CC.CC.CC.CC.CC.CC.CC.CC.O=C(c1ccns1)c1ccccc1NS(=O)(=O)c1ccccc1.O=C(c1cncs1)c1ccccc1NS(=O)(=O)c1ccccc1.O=C(c1nccs1)c1ccccc1NS(=O)(=O)c1ccccc1.[CH2-]Cc1c([CH2-])ccnc1C(=O)c1ccccc1NS(=O)(=O)c1ccccc1.[U+2]. The number of hydrogen-bond donors (Lipinski definition) is 4. The van der Waals surface area contributed by atoms with Gasteiger partial charge in [0.15, 0.2) is 5.01 Å². The average Bonchev–Trinajstić information content (AvgIpc) is 1.60. The Kier molecular flexibility index (Phi) is 164. The summed E-state index contributed by atoms with van der Waals surface area (Å²) in [5.74, 6) is -1.23. The summed E-state index contributed by atoms with van der Waals surface area (Å²) >= 11 is 3.49. The fourth-order valence-corrected chi connectivity index (χ4v) is 14.9. The molecule has 0 aliphatic heterocycles. The number of pyridine rings is 1. The van der Waals surface area contributed by atoms with Gasteiger partial charge in [0.2, 0.25) is 23.1 Å². The van der Waals surface area contributed by atoms with Gasteiger partial charge in [0, 0.05) is 46.2 Å². The van der Waals surface area contributed by atoms with E-state index in [9.17, 15) is 52.8 Å². The number of hydrogen-bond acceptors (Lipinski definition) is 19. The number of nitrogens with zero attached hydrogens (tertiary/aromatic N) is 4. The van der Waals surface area contributed by atoms with E-state index in [1.807, 2.05) is 346 Å². The average molecular weight is 2400 g/mol. The summed E-state index contributed by atoms with van der Waals surface area (Å²) in [6, 6.07) is 61.3. The van der Waals surface area contributed by atoms with E-state index in [-0.39, 0.29) is 125 Å². The van der Waals surface area contributed by atoms with Crippen molar-refractivity contribution in [2.45, 2.75) is 372 Å². The molecule has 0 spiro atoms. The molecule has 0 saturated heterocycles. The topological polar surface area (TPSA) is 305 Å². The number of rotatable bonds is 21. The second-order valence-electron chi connectivity index (χ2n) is 19.8. The Morgan fingerprint density at radius 2 is 0.510 bits per heavy atom. The summed E-state index contributed by atoms with van der Waals surface area (Å²) < 4.78 is 114. The zero-order valence-electron chi connectivity index (χ0n) is 101. The minimum atomic E-state index is -3.82. The Bertz CT molecular complexity index is 4790. The van der Waals surface area contributed by atoms with Gasteiger partial charge >= 0.3 is 31.1 Å². The molecule has 4 heterocycles. The van der Waals surface area contributed by atoms with Gasteiger partial charge in [0.25, 0.3) is 40.1 Å². The van der Waals surface area contributed by atoms with Gasteiger partial charge in [-0.25, -0.2) is 49.4 Å². The third kappa shape index (κ3) is 76.6. The van der Waals surface area contributed by atoms with Gasteiger partial charge in [-0.15, -0.1) is 34.3 Å². The van der Waals surface area contributed by atoms with Crippen LogP contribution in [0.4, 0.5) is 22.7 Å². The molecule has 0 saturated carbocycles. The van der Waals surface area contributed by atoms with Crippen molar-refractivity contribution in [3.63, 3.8) is 0 Å². The Balaban J connectivity index is -0.0000000822. The number of ketones is 4. The van der Waals surface area contributed by atoms with E-state index >= 15 is 0 Å². The maximum atomic E-state index is 13.1. The summed E-state index contributed by atoms with van der Waals surface area (Å²) in [6.45, 7) is 108. The minimum absolute atomic E-state index is 0. The van der Waals surface area contributed by atoms with E-state index in [1.54, 1.807) is 193 Å². The van der Waals surface area contributed by atoms with E-state index in [1.165, 1.54) is 96.0 Å². The van der Waals surface area contributed by atoms with Crippen LogP contribution in [-0.2, 0) is 46.5 Å². The maximum Gasteiger partial charge on any atom is 2.00 e. The number of anilines is 4. The molecule has 12 rings (SSSR count). The first kappa shape index (κ1) is 179. The van der Waals surface area contributed by atoms with Crippen molar-refractivity contribution < 1.29 is 84.0 Å². The van der Waals surface area contributed by atoms with Crippen molar-refractivity contribution >= 4 is 120 Å². The Labute approximate surface area is 940 Å². The van der Waals surface area contributed by atoms with Crippen molar-refractivity contribution in [3.8, 4) is 0 Å². The predicted octanol–water partition coefficient (Wildman–Crippen LogP) is 38.9. The molecule has 0 unspecified atom stereocenters. The first-order valence-electron chi connectivity index (χ1n) is 53.3. The standard InChI is InChI=1S/C21H18N2O3S.3C16H12N2O3S2.25C2H6.U/c1-3-17-15(2)13-14-22-20(17)21(24)18-11-7-8-12-19(18)23-27(25,26)16-9-5-4-6-10-16;19-16(15-10-17-11-22-15)13-8-4-5-9-14(13)18-23(20,21)12-6-2-1-3-7-12;19-15(16-17-10-11-22-16)13-8-4-5-9-14(13)18-23(20,21)12-6-2-1-3-7-12;19-16(15-10-11-17-22-15)13-8-4-5-9-14(13)18-23(20,21)12-6-2-1-3-7-12;25*1-2;/h4-14,23H,1-3H2;3*1-11,18H;25*1-2H3;/q-2;;;;;;;;;;;;;;;;;;;;;;;;;;;;;+2. The minimum Gasteiger partial charge on any atom is -0.350 e. The molecule has 0 radical (unpaired) electrons. The van der Waals surface area contributed by atoms with Gasteiger partial charge in [-0.3, -0.25) is 48.0 Å². The second kappa shape index (κ2) is 134. The summed E-state index contributed by atoms with van der Waals surface area (Å²) in [5, 5.41) is 2.01. The first-order valence-corrected chi connectivity index (χ1v) is 61.8. The third-order valence-corrected chi connectivity index (χ3v) is 21.3. The Hall–Kier alpha value is -9.60. The van der Waals surface area contributed by atoms with Crippen molar-refractivity contribution in [1.29, 1.82) is 0 Å². The molecular formula is C119H204N8O12S7U. The van der Waals surface area contributed by atoms with E-state index in [4.69, 9.17) is 0 Å². The van der Waals surface area contributed by atoms with Crippen LogP contribution in [-0.4, -0.2) is 76.1 Å². The van der Waals surface area contributed by atoms with Crippen LogP contribution >= 0.6 is 34.2 Å². The number of thiazole rings is 2. The molecule has 147 heavy (non-hydrogen) atoms. The molecule has 0 amide bonds. The van der Waals surface area contributed by atoms with E-state index < -0.39 is 40.1 Å². The van der Waals surface area contributed by atoms with Crippen molar-refractivity contribution in [1.82, 2.24) is 19.3 Å². The molecule has 20 nitrogen and oxygen atoms in total. The van der Waals surface area contributed by atoms with Gasteiger partial charge < -0.3 is 6.92 Å². The quantitative estimate of drug-likeness (QED) is 0.0384. The number of sulfonamides is 4. The zero-order chi connectivity index (χ0) is 118. The van der Waals surface area contributed by atoms with Gasteiger partial charge in [0.1, 0.15) is 0 Å². The maximum absolute atomic E-state index is 13.1. The number of nitrogens with one attached hydrogen (secondary N) is 4. The van der Waals surface area contributed by atoms with Crippen molar-refractivity contribution in [2.24, 2.45) is 0 Å². The Morgan fingerprint density at radius 3 is 0.735 bits per heavy atom. The molecule has 4 N–H and O–H groups in total. The van der Waals surface area contributed by atoms with Crippen LogP contribution in [0.25, 0.3) is 0 Å². The van der Waals surface area contributed by atoms with Crippen LogP contribution in [0.5, 0.6) is 0 Å². The fourth-order valence-electron chi connectivity index (χ4n) is 8.81. The van der Waals surface area contributed by atoms with Crippen molar-refractivity contribution in [2.75, 3.05) is 18.9 Å². The number of carbonyl (C=O) groups excluding carboxylic acids is 4. The van der Waals surface area contributed by atoms with Gasteiger partial charge in [0.05, 0.1) is 63.3 Å². The molecule has 838 valence electrons. The van der Waals surface area contributed by atoms with E-state index in [0.29, 0.717) is 32.3 Å². The molecule has 0 aliphatic carbocycles. The summed E-state index contributed by atoms with van der Waals surface area (Å²) in [5.41, 5.74) is 5.07. The molecule has 0 aliphatic rings. The predicted molar refractivity (Wildman–Crippen MR) is 656 cm³/mol. The van der Waals surface area contributed by atoms with Crippen LogP contribution in [0.3, 0.4) is 0 Å². The van der Waals surface area contributed by atoms with Gasteiger partial charge in [-0.2, -0.15) is 12.5 Å². The van der Waals surface area contributed by atoms with Crippen LogP contribution in [0, 0.1) is 45.0 Å². The molecule has 4 aromatic heterocycles. The third-order valence-electron chi connectivity index (χ3n) is 13.4. The number of carbonyl (C=O) groups is 4. The summed E-state index contributed by atoms with van der Waals surface area (Å²) in [7, 11) is -15.1. The number of benzene rings is 8. The smallest absolute Gasteiger partial charge is 0.350 e. The molecule has 0 fully saturated rings. The van der Waals surface area contributed by atoms with Crippen LogP contribution in [0.2, 0.25) is 0 Å². The molecular weight excluding hydrogens is 2200 g/mol. The molecule has 28 heteroatoms. The normalized spacial score (nSPS) is 8.29. The van der Waals surface area contributed by atoms with Crippen LogP contribution < -0.4 is 18.9 Å². The molecule has 8 aromatic carbocycles. The first-order chi connectivity index (χ1) is 71.2.